The van der Waals surface area contributed by atoms with E-state index in [0.29, 0.717) is 13.1 Å². The van der Waals surface area contributed by atoms with E-state index in [4.69, 9.17) is 5.84 Å². The highest BCUT2D eigenvalue weighted by Crippen LogP contribution is 2.19. The minimum atomic E-state index is -0.112. The van der Waals surface area contributed by atoms with Crippen LogP contribution in [0.2, 0.25) is 0 Å². The number of carbonyl (C=O) groups is 1. The van der Waals surface area contributed by atoms with E-state index in [1.165, 1.54) is 5.01 Å². The number of carbonyl (C=O) groups excluding carboxylic acids is 1. The predicted octanol–water partition coefficient (Wildman–Crippen LogP) is 1.74. The molecule has 19 heavy (non-hydrogen) atoms. The molecule has 1 aromatic heterocycles. The molecule has 0 radical (unpaired) electrons. The highest BCUT2D eigenvalue weighted by molar-refractivity contribution is 5.82. The largest absolute Gasteiger partial charge is 0.334 e. The van der Waals surface area contributed by atoms with E-state index >= 15 is 0 Å². The van der Waals surface area contributed by atoms with Crippen molar-refractivity contribution in [1.82, 2.24) is 14.9 Å². The molecule has 2 aromatic rings. The SMILES string of the molecule is NN1CCCN(Cc2cccc3cccnc23)C1=O. The fourth-order valence-corrected chi connectivity index (χ4v) is 2.45. The standard InChI is InChI=1S/C14H16N4O/c15-18-9-3-8-17(14(18)19)10-12-5-1-4-11-6-2-7-16-13(11)12/h1-2,4-7H,3,8-10,15H2. The Labute approximate surface area is 111 Å². The van der Waals surface area contributed by atoms with Crippen molar-refractivity contribution >= 4 is 16.9 Å². The molecular weight excluding hydrogens is 240 g/mol. The minimum absolute atomic E-state index is 0.112. The number of hydrogen-bond acceptors (Lipinski definition) is 3. The number of urea groups is 1. The number of benzene rings is 1. The second kappa shape index (κ2) is 4.85. The summed E-state index contributed by atoms with van der Waals surface area (Å²) in [4.78, 5) is 18.2. The van der Waals surface area contributed by atoms with Crippen LogP contribution in [0.3, 0.4) is 0 Å². The Hall–Kier alpha value is -2.14. The molecule has 2 heterocycles. The van der Waals surface area contributed by atoms with Gasteiger partial charge >= 0.3 is 6.03 Å². The molecule has 2 N–H and O–H groups in total. The molecule has 1 fully saturated rings. The van der Waals surface area contributed by atoms with Crippen molar-refractivity contribution in [1.29, 1.82) is 0 Å². The molecule has 3 rings (SSSR count). The van der Waals surface area contributed by atoms with Gasteiger partial charge in [0, 0.05) is 31.2 Å². The molecule has 0 aliphatic carbocycles. The number of amides is 2. The summed E-state index contributed by atoms with van der Waals surface area (Å²) >= 11 is 0. The number of pyridine rings is 1. The molecule has 0 saturated carbocycles. The smallest absolute Gasteiger partial charge is 0.319 e. The molecule has 2 amide bonds. The van der Waals surface area contributed by atoms with Crippen LogP contribution in [0.5, 0.6) is 0 Å². The molecule has 5 heteroatoms. The predicted molar refractivity (Wildman–Crippen MR) is 73.1 cm³/mol. The van der Waals surface area contributed by atoms with E-state index in [1.807, 2.05) is 30.3 Å². The van der Waals surface area contributed by atoms with Crippen molar-refractivity contribution in [3.05, 3.63) is 42.1 Å². The van der Waals surface area contributed by atoms with Crippen molar-refractivity contribution in [2.75, 3.05) is 13.1 Å². The van der Waals surface area contributed by atoms with Crippen LogP contribution < -0.4 is 5.84 Å². The molecule has 1 saturated heterocycles. The van der Waals surface area contributed by atoms with Gasteiger partial charge in [-0.15, -0.1) is 0 Å². The van der Waals surface area contributed by atoms with Gasteiger partial charge < -0.3 is 4.90 Å². The number of hydrogen-bond donors (Lipinski definition) is 1. The maximum Gasteiger partial charge on any atom is 0.334 e. The lowest BCUT2D eigenvalue weighted by molar-refractivity contribution is 0.127. The van der Waals surface area contributed by atoms with Crippen LogP contribution in [0, 0.1) is 0 Å². The molecule has 0 unspecified atom stereocenters. The lowest BCUT2D eigenvalue weighted by Gasteiger charge is -2.32. The van der Waals surface area contributed by atoms with Gasteiger partial charge in [0.15, 0.2) is 0 Å². The summed E-state index contributed by atoms with van der Waals surface area (Å²) in [7, 11) is 0. The highest BCUT2D eigenvalue weighted by atomic mass is 16.2. The molecule has 1 aliphatic heterocycles. The van der Waals surface area contributed by atoms with Crippen molar-refractivity contribution in [2.45, 2.75) is 13.0 Å². The normalized spacial score (nSPS) is 16.2. The number of nitrogens with two attached hydrogens (primary N) is 1. The summed E-state index contributed by atoms with van der Waals surface area (Å²) in [5.41, 5.74) is 2.01. The van der Waals surface area contributed by atoms with E-state index in [9.17, 15) is 4.79 Å². The lowest BCUT2D eigenvalue weighted by atomic mass is 10.1. The first-order valence-corrected chi connectivity index (χ1v) is 6.39. The lowest BCUT2D eigenvalue weighted by Crippen LogP contribution is -2.52. The Balaban J connectivity index is 1.91. The highest BCUT2D eigenvalue weighted by Gasteiger charge is 2.23. The Bertz CT molecular complexity index is 608. The van der Waals surface area contributed by atoms with Crippen LogP contribution in [0.4, 0.5) is 4.79 Å². The van der Waals surface area contributed by atoms with Crippen LogP contribution in [0.1, 0.15) is 12.0 Å². The number of fused-ring (bicyclic) bond motifs is 1. The molecular formula is C14H16N4O. The van der Waals surface area contributed by atoms with Gasteiger partial charge in [-0.3, -0.25) is 9.99 Å². The monoisotopic (exact) mass is 256 g/mol. The van der Waals surface area contributed by atoms with Gasteiger partial charge in [-0.2, -0.15) is 0 Å². The first kappa shape index (κ1) is 11.9. The second-order valence-corrected chi connectivity index (χ2v) is 4.74. The number of rotatable bonds is 2. The minimum Gasteiger partial charge on any atom is -0.319 e. The second-order valence-electron chi connectivity index (χ2n) is 4.74. The number of nitrogens with zero attached hydrogens (tertiary/aromatic N) is 3. The molecule has 5 nitrogen and oxygen atoms in total. The van der Waals surface area contributed by atoms with Crippen LogP contribution in [0.15, 0.2) is 36.5 Å². The van der Waals surface area contributed by atoms with Gasteiger partial charge in [-0.25, -0.2) is 10.6 Å². The molecule has 1 aliphatic rings. The summed E-state index contributed by atoms with van der Waals surface area (Å²) in [6.07, 6.45) is 2.68. The third kappa shape index (κ3) is 2.24. The first-order valence-electron chi connectivity index (χ1n) is 6.39. The van der Waals surface area contributed by atoms with E-state index in [0.717, 1.165) is 29.4 Å². The fraction of sp³-hybridized carbons (Fsp3) is 0.286. The Morgan fingerprint density at radius 3 is 2.95 bits per heavy atom. The summed E-state index contributed by atoms with van der Waals surface area (Å²) in [5.74, 6) is 5.66. The maximum absolute atomic E-state index is 12.0. The Morgan fingerprint density at radius 1 is 1.21 bits per heavy atom. The summed E-state index contributed by atoms with van der Waals surface area (Å²) in [6.45, 7) is 1.93. The van der Waals surface area contributed by atoms with Crippen LogP contribution in [-0.4, -0.2) is 34.0 Å². The van der Waals surface area contributed by atoms with E-state index in [1.54, 1.807) is 11.1 Å². The zero-order valence-electron chi connectivity index (χ0n) is 10.6. The number of aromatic nitrogens is 1. The van der Waals surface area contributed by atoms with Crippen molar-refractivity contribution in [2.24, 2.45) is 5.84 Å². The van der Waals surface area contributed by atoms with Gasteiger partial charge in [0.2, 0.25) is 0 Å². The molecule has 0 spiro atoms. The topological polar surface area (TPSA) is 62.5 Å². The molecule has 98 valence electrons. The Morgan fingerprint density at radius 2 is 2.05 bits per heavy atom. The van der Waals surface area contributed by atoms with E-state index in [-0.39, 0.29) is 6.03 Å². The maximum atomic E-state index is 12.0. The van der Waals surface area contributed by atoms with Gasteiger partial charge in [0.1, 0.15) is 0 Å². The van der Waals surface area contributed by atoms with Crippen LogP contribution >= 0.6 is 0 Å². The quantitative estimate of drug-likeness (QED) is 0.657. The van der Waals surface area contributed by atoms with Crippen molar-refractivity contribution < 1.29 is 4.79 Å². The van der Waals surface area contributed by atoms with Gasteiger partial charge in [-0.05, 0) is 18.1 Å². The number of hydrazine groups is 1. The summed E-state index contributed by atoms with van der Waals surface area (Å²) < 4.78 is 0. The van der Waals surface area contributed by atoms with E-state index < -0.39 is 0 Å². The third-order valence-corrected chi connectivity index (χ3v) is 3.42. The zero-order valence-corrected chi connectivity index (χ0v) is 10.6. The van der Waals surface area contributed by atoms with Gasteiger partial charge in [0.25, 0.3) is 0 Å². The van der Waals surface area contributed by atoms with Crippen LogP contribution in [0.25, 0.3) is 10.9 Å². The summed E-state index contributed by atoms with van der Waals surface area (Å²) in [6, 6.07) is 9.86. The molecule has 1 aromatic carbocycles. The fourth-order valence-electron chi connectivity index (χ4n) is 2.45. The number of para-hydroxylation sites is 1. The summed E-state index contributed by atoms with van der Waals surface area (Å²) in [5, 5.41) is 2.37. The average molecular weight is 256 g/mol. The molecule has 0 atom stereocenters. The van der Waals surface area contributed by atoms with E-state index in [2.05, 4.69) is 4.98 Å². The van der Waals surface area contributed by atoms with Crippen molar-refractivity contribution in [3.8, 4) is 0 Å². The zero-order chi connectivity index (χ0) is 13.2. The Kier molecular flexibility index (Phi) is 3.05. The molecule has 0 bridgehead atoms. The van der Waals surface area contributed by atoms with Crippen LogP contribution in [-0.2, 0) is 6.54 Å². The van der Waals surface area contributed by atoms with Crippen molar-refractivity contribution in [3.63, 3.8) is 0 Å². The van der Waals surface area contributed by atoms with Gasteiger partial charge in [0.05, 0.1) is 5.52 Å². The average Bonchev–Trinajstić information content (AvgIpc) is 2.44. The third-order valence-electron chi connectivity index (χ3n) is 3.42. The first-order chi connectivity index (χ1) is 9.25. The van der Waals surface area contributed by atoms with Gasteiger partial charge in [-0.1, -0.05) is 24.3 Å².